The van der Waals surface area contributed by atoms with E-state index in [9.17, 15) is 14.4 Å². The van der Waals surface area contributed by atoms with Crippen molar-refractivity contribution in [1.29, 1.82) is 0 Å². The third-order valence-corrected chi connectivity index (χ3v) is 4.98. The van der Waals surface area contributed by atoms with Crippen LogP contribution in [0, 0.1) is 0 Å². The Balaban J connectivity index is 1.62. The van der Waals surface area contributed by atoms with Crippen LogP contribution in [0.5, 0.6) is 0 Å². The first kappa shape index (κ1) is 22.0. The topological polar surface area (TPSA) is 85.6 Å². The number of nitrogens with one attached hydrogen (secondary N) is 1. The molecule has 3 aromatic rings. The highest BCUT2D eigenvalue weighted by Crippen LogP contribution is 2.24. The lowest BCUT2D eigenvalue weighted by Crippen LogP contribution is -2.22. The van der Waals surface area contributed by atoms with Crippen molar-refractivity contribution in [1.82, 2.24) is 0 Å². The molecule has 1 amide bonds. The van der Waals surface area contributed by atoms with Gasteiger partial charge in [0.2, 0.25) is 5.76 Å². The Morgan fingerprint density at radius 3 is 2.13 bits per heavy atom. The smallest absolute Gasteiger partial charge is 0.374 e. The Labute approximate surface area is 181 Å². The Kier molecular flexibility index (Phi) is 7.03. The predicted molar refractivity (Wildman–Crippen MR) is 118 cm³/mol. The van der Waals surface area contributed by atoms with Gasteiger partial charge in [-0.3, -0.25) is 9.59 Å². The summed E-state index contributed by atoms with van der Waals surface area (Å²) in [5, 5.41) is 2.86. The second-order valence-corrected chi connectivity index (χ2v) is 7.08. The van der Waals surface area contributed by atoms with E-state index < -0.39 is 18.5 Å². The minimum Gasteiger partial charge on any atom is -0.450 e. The molecule has 0 unspecified atom stereocenters. The van der Waals surface area contributed by atoms with Crippen LogP contribution in [0.25, 0.3) is 11.3 Å². The lowest BCUT2D eigenvalue weighted by Gasteiger charge is -2.14. The minimum absolute atomic E-state index is 0.00153. The molecular weight excluding hydrogens is 394 g/mol. The molecule has 0 aliphatic heterocycles. The van der Waals surface area contributed by atoms with Crippen LogP contribution in [-0.4, -0.2) is 24.3 Å². The molecule has 0 aliphatic rings. The molecule has 0 radical (unpaired) electrons. The van der Waals surface area contributed by atoms with E-state index in [4.69, 9.17) is 9.15 Å². The summed E-state index contributed by atoms with van der Waals surface area (Å²) in [5.41, 5.74) is 4.17. The van der Waals surface area contributed by atoms with Gasteiger partial charge in [0.15, 0.2) is 12.4 Å². The predicted octanol–water partition coefficient (Wildman–Crippen LogP) is 5.07. The number of carbonyl (C=O) groups excluding carboxylic acids is 3. The first-order valence-corrected chi connectivity index (χ1v) is 10.2. The van der Waals surface area contributed by atoms with E-state index in [1.807, 2.05) is 32.0 Å². The molecule has 2 aromatic carbocycles. The zero-order chi connectivity index (χ0) is 22.4. The Hall–Kier alpha value is -3.67. The molecule has 6 nitrogen and oxygen atoms in total. The van der Waals surface area contributed by atoms with Crippen LogP contribution < -0.4 is 5.32 Å². The van der Waals surface area contributed by atoms with E-state index in [1.54, 1.807) is 30.3 Å². The summed E-state index contributed by atoms with van der Waals surface area (Å²) < 4.78 is 10.7. The molecule has 1 aromatic heterocycles. The molecule has 1 N–H and O–H groups in total. The molecule has 0 bridgehead atoms. The third kappa shape index (κ3) is 5.28. The first-order chi connectivity index (χ1) is 14.9. The quantitative estimate of drug-likeness (QED) is 0.407. The van der Waals surface area contributed by atoms with Crippen LogP contribution in [0.1, 0.15) is 52.8 Å². The fourth-order valence-corrected chi connectivity index (χ4v) is 3.25. The highest BCUT2D eigenvalue weighted by atomic mass is 16.5. The lowest BCUT2D eigenvalue weighted by molar-refractivity contribution is -0.119. The fraction of sp³-hybridized carbons (Fsp3) is 0.240. The molecule has 0 atom stereocenters. The monoisotopic (exact) mass is 419 g/mol. The second kappa shape index (κ2) is 9.89. The van der Waals surface area contributed by atoms with Crippen molar-refractivity contribution in [2.45, 2.75) is 33.6 Å². The van der Waals surface area contributed by atoms with E-state index in [-0.39, 0.29) is 11.5 Å². The number of carbonyl (C=O) groups is 3. The van der Waals surface area contributed by atoms with Crippen LogP contribution in [0.4, 0.5) is 5.69 Å². The SMILES string of the molecule is CCc1cccc(CC)c1NC(=O)COC(=O)c1ccc(-c2ccc(C(C)=O)cc2)o1. The van der Waals surface area contributed by atoms with Crippen molar-refractivity contribution in [3.63, 3.8) is 0 Å². The van der Waals surface area contributed by atoms with Crippen molar-refractivity contribution in [2.75, 3.05) is 11.9 Å². The molecule has 0 saturated heterocycles. The summed E-state index contributed by atoms with van der Waals surface area (Å²) in [7, 11) is 0. The van der Waals surface area contributed by atoms with E-state index >= 15 is 0 Å². The summed E-state index contributed by atoms with van der Waals surface area (Å²) >= 11 is 0. The highest BCUT2D eigenvalue weighted by molar-refractivity contribution is 5.96. The number of anilines is 1. The zero-order valence-corrected chi connectivity index (χ0v) is 17.9. The zero-order valence-electron chi connectivity index (χ0n) is 17.9. The average molecular weight is 419 g/mol. The van der Waals surface area contributed by atoms with Gasteiger partial charge in [0.25, 0.3) is 5.91 Å². The molecule has 31 heavy (non-hydrogen) atoms. The van der Waals surface area contributed by atoms with E-state index in [2.05, 4.69) is 5.32 Å². The summed E-state index contributed by atoms with van der Waals surface area (Å²) in [5.74, 6) is -0.685. The summed E-state index contributed by atoms with van der Waals surface area (Å²) in [6, 6.07) is 15.9. The number of ether oxygens (including phenoxy) is 1. The largest absolute Gasteiger partial charge is 0.450 e. The number of Topliss-reactive ketones (excluding diaryl/α,β-unsaturated/α-hetero) is 1. The number of aryl methyl sites for hydroxylation is 2. The van der Waals surface area contributed by atoms with Crippen molar-refractivity contribution >= 4 is 23.3 Å². The first-order valence-electron chi connectivity index (χ1n) is 10.2. The normalized spacial score (nSPS) is 10.5. The van der Waals surface area contributed by atoms with Gasteiger partial charge >= 0.3 is 5.97 Å². The van der Waals surface area contributed by atoms with E-state index in [1.165, 1.54) is 13.0 Å². The minimum atomic E-state index is -0.721. The number of hydrogen-bond acceptors (Lipinski definition) is 5. The lowest BCUT2D eigenvalue weighted by atomic mass is 10.0. The maximum atomic E-state index is 12.4. The van der Waals surface area contributed by atoms with E-state index in [0.29, 0.717) is 11.3 Å². The van der Waals surface area contributed by atoms with Gasteiger partial charge in [0.1, 0.15) is 5.76 Å². The van der Waals surface area contributed by atoms with Gasteiger partial charge in [-0.1, -0.05) is 56.3 Å². The van der Waals surface area contributed by atoms with Crippen LogP contribution >= 0.6 is 0 Å². The molecule has 6 heteroatoms. The van der Waals surface area contributed by atoms with E-state index in [0.717, 1.165) is 35.2 Å². The second-order valence-electron chi connectivity index (χ2n) is 7.08. The van der Waals surface area contributed by atoms with Crippen molar-refractivity contribution in [3.8, 4) is 11.3 Å². The van der Waals surface area contributed by atoms with Crippen molar-refractivity contribution in [3.05, 3.63) is 77.0 Å². The van der Waals surface area contributed by atoms with Crippen LogP contribution in [-0.2, 0) is 22.4 Å². The van der Waals surface area contributed by atoms with Crippen molar-refractivity contribution in [2.24, 2.45) is 0 Å². The molecular formula is C25H25NO5. The van der Waals surface area contributed by atoms with Gasteiger partial charge in [-0.25, -0.2) is 4.79 Å². The van der Waals surface area contributed by atoms with Crippen LogP contribution in [0.3, 0.4) is 0 Å². The molecule has 0 aliphatic carbocycles. The number of rotatable bonds is 8. The molecule has 0 fully saturated rings. The number of amides is 1. The number of esters is 1. The Morgan fingerprint density at radius 2 is 1.55 bits per heavy atom. The third-order valence-electron chi connectivity index (χ3n) is 4.98. The number of furan rings is 1. The number of hydrogen-bond donors (Lipinski definition) is 1. The number of benzene rings is 2. The summed E-state index contributed by atoms with van der Waals surface area (Å²) in [6.45, 7) is 5.12. The number of para-hydroxylation sites is 1. The highest BCUT2D eigenvalue weighted by Gasteiger charge is 2.17. The van der Waals surface area contributed by atoms with Gasteiger partial charge in [0, 0.05) is 16.8 Å². The summed E-state index contributed by atoms with van der Waals surface area (Å²) in [4.78, 5) is 36.0. The standard InChI is InChI=1S/C25H25NO5/c1-4-17-7-6-8-18(5-2)24(17)26-23(28)15-30-25(29)22-14-13-21(31-22)20-11-9-19(10-12-20)16(3)27/h6-14H,4-5,15H2,1-3H3,(H,26,28). The Morgan fingerprint density at radius 1 is 0.903 bits per heavy atom. The van der Waals surface area contributed by atoms with Gasteiger partial charge in [0.05, 0.1) is 0 Å². The fourth-order valence-electron chi connectivity index (χ4n) is 3.25. The van der Waals surface area contributed by atoms with Gasteiger partial charge in [-0.05, 0) is 43.0 Å². The van der Waals surface area contributed by atoms with Gasteiger partial charge in [-0.15, -0.1) is 0 Å². The molecule has 0 spiro atoms. The molecule has 0 saturated carbocycles. The van der Waals surface area contributed by atoms with Gasteiger partial charge in [-0.2, -0.15) is 0 Å². The molecule has 1 heterocycles. The maximum absolute atomic E-state index is 12.4. The Bertz CT molecular complexity index is 1070. The maximum Gasteiger partial charge on any atom is 0.374 e. The summed E-state index contributed by atoms with van der Waals surface area (Å²) in [6.07, 6.45) is 1.57. The van der Waals surface area contributed by atoms with Crippen LogP contribution in [0.2, 0.25) is 0 Å². The molecule has 160 valence electrons. The van der Waals surface area contributed by atoms with Crippen LogP contribution in [0.15, 0.2) is 59.0 Å². The average Bonchev–Trinajstić information content (AvgIpc) is 3.28. The van der Waals surface area contributed by atoms with Crippen molar-refractivity contribution < 1.29 is 23.5 Å². The van der Waals surface area contributed by atoms with Gasteiger partial charge < -0.3 is 14.5 Å². The number of ketones is 1. The molecule has 3 rings (SSSR count).